The van der Waals surface area contributed by atoms with Crippen molar-refractivity contribution in [3.63, 3.8) is 0 Å². The lowest BCUT2D eigenvalue weighted by Gasteiger charge is -2.45. The third kappa shape index (κ3) is 3.23. The van der Waals surface area contributed by atoms with E-state index < -0.39 is 0 Å². The Balaban J connectivity index is 1.25. The van der Waals surface area contributed by atoms with Gasteiger partial charge in [-0.25, -0.2) is 0 Å². The first-order valence-corrected chi connectivity index (χ1v) is 10.8. The van der Waals surface area contributed by atoms with Crippen LogP contribution < -0.4 is 5.32 Å². The summed E-state index contributed by atoms with van der Waals surface area (Å²) in [5.74, 6) is 1.18. The van der Waals surface area contributed by atoms with Gasteiger partial charge in [-0.05, 0) is 44.4 Å². The number of likely N-dealkylation sites (tertiary alicyclic amines) is 1. The number of nitrogens with zero attached hydrogens (tertiary/aromatic N) is 3. The van der Waals surface area contributed by atoms with E-state index in [0.717, 1.165) is 63.0 Å². The van der Waals surface area contributed by atoms with Gasteiger partial charge in [0.2, 0.25) is 5.91 Å². The van der Waals surface area contributed by atoms with Crippen LogP contribution in [0.2, 0.25) is 0 Å². The molecule has 2 saturated carbocycles. The molecule has 2 aliphatic carbocycles. The molecular weight excluding hydrogens is 356 g/mol. The summed E-state index contributed by atoms with van der Waals surface area (Å²) in [4.78, 5) is 27.1. The van der Waals surface area contributed by atoms with Gasteiger partial charge in [-0.15, -0.1) is 0 Å². The summed E-state index contributed by atoms with van der Waals surface area (Å²) in [6, 6.07) is 0. The summed E-state index contributed by atoms with van der Waals surface area (Å²) in [7, 11) is 1.92. The molecule has 0 atom stereocenters. The molecule has 1 saturated heterocycles. The van der Waals surface area contributed by atoms with E-state index in [-0.39, 0.29) is 17.4 Å². The highest BCUT2D eigenvalue weighted by Gasteiger charge is 2.43. The van der Waals surface area contributed by atoms with Crippen LogP contribution in [-0.2, 0) is 29.6 Å². The molecule has 5 rings (SSSR count). The van der Waals surface area contributed by atoms with Crippen LogP contribution in [0, 0.1) is 11.8 Å². The van der Waals surface area contributed by atoms with Crippen LogP contribution in [0.3, 0.4) is 0 Å². The number of ether oxygens (including phenoxy) is 1. The highest BCUT2D eigenvalue weighted by atomic mass is 16.5. The minimum Gasteiger partial charge on any atom is -0.370 e. The lowest BCUT2D eigenvalue weighted by Crippen LogP contribution is -2.52. The van der Waals surface area contributed by atoms with Crippen molar-refractivity contribution >= 4 is 11.8 Å². The number of piperidine rings is 1. The molecule has 1 N–H and O–H groups in total. The van der Waals surface area contributed by atoms with Gasteiger partial charge in [0.05, 0.1) is 12.2 Å². The molecule has 0 bridgehead atoms. The second kappa shape index (κ2) is 6.87. The molecule has 1 aromatic rings. The minimum atomic E-state index is -0.223. The van der Waals surface area contributed by atoms with Crippen molar-refractivity contribution in [3.8, 4) is 0 Å². The van der Waals surface area contributed by atoms with Crippen molar-refractivity contribution in [1.82, 2.24) is 20.0 Å². The zero-order valence-electron chi connectivity index (χ0n) is 16.7. The Morgan fingerprint density at radius 1 is 1.21 bits per heavy atom. The molecular formula is C21H30N4O3. The first kappa shape index (κ1) is 18.2. The van der Waals surface area contributed by atoms with Crippen LogP contribution in [0.4, 0.5) is 0 Å². The average molecular weight is 386 g/mol. The molecule has 1 spiro atoms. The summed E-state index contributed by atoms with van der Waals surface area (Å²) in [5.41, 5.74) is 2.35. The number of aryl methyl sites for hydroxylation is 1. The van der Waals surface area contributed by atoms with Crippen LogP contribution in [0.1, 0.15) is 66.7 Å². The van der Waals surface area contributed by atoms with E-state index in [0.29, 0.717) is 24.1 Å². The van der Waals surface area contributed by atoms with Gasteiger partial charge in [0.15, 0.2) is 5.69 Å². The molecule has 4 aliphatic rings. The number of amides is 2. The Morgan fingerprint density at radius 2 is 1.96 bits per heavy atom. The first-order valence-electron chi connectivity index (χ1n) is 10.8. The average Bonchev–Trinajstić information content (AvgIpc) is 3.42. The van der Waals surface area contributed by atoms with Crippen LogP contribution >= 0.6 is 0 Å². The maximum atomic E-state index is 12.6. The summed E-state index contributed by atoms with van der Waals surface area (Å²) in [6.45, 7) is 2.74. The van der Waals surface area contributed by atoms with Gasteiger partial charge in [-0.1, -0.05) is 6.42 Å². The van der Waals surface area contributed by atoms with Crippen molar-refractivity contribution in [2.24, 2.45) is 18.9 Å². The van der Waals surface area contributed by atoms with E-state index in [1.54, 1.807) is 0 Å². The first-order chi connectivity index (χ1) is 13.5. The van der Waals surface area contributed by atoms with Gasteiger partial charge >= 0.3 is 0 Å². The predicted octanol–water partition coefficient (Wildman–Crippen LogP) is 1.79. The lowest BCUT2D eigenvalue weighted by molar-refractivity contribution is -0.147. The second-order valence-corrected chi connectivity index (χ2v) is 9.15. The van der Waals surface area contributed by atoms with Crippen molar-refractivity contribution in [1.29, 1.82) is 0 Å². The van der Waals surface area contributed by atoms with Gasteiger partial charge in [-0.3, -0.25) is 14.3 Å². The van der Waals surface area contributed by atoms with E-state index in [2.05, 4.69) is 10.4 Å². The zero-order valence-corrected chi connectivity index (χ0v) is 16.7. The van der Waals surface area contributed by atoms with Gasteiger partial charge in [-0.2, -0.15) is 5.10 Å². The number of aromatic nitrogens is 2. The Morgan fingerprint density at radius 3 is 2.61 bits per heavy atom. The highest BCUT2D eigenvalue weighted by Crippen LogP contribution is 2.38. The maximum absolute atomic E-state index is 12.6. The van der Waals surface area contributed by atoms with Gasteiger partial charge < -0.3 is 15.0 Å². The fourth-order valence-electron chi connectivity index (χ4n) is 4.75. The number of fused-ring (bicyclic) bond motifs is 1. The van der Waals surface area contributed by atoms with Gasteiger partial charge in [0, 0.05) is 50.3 Å². The fraction of sp³-hybridized carbons (Fsp3) is 0.762. The monoisotopic (exact) mass is 386 g/mol. The number of hydrogen-bond donors (Lipinski definition) is 1. The van der Waals surface area contributed by atoms with E-state index >= 15 is 0 Å². The number of carbonyl (C=O) groups excluding carboxylic acids is 2. The highest BCUT2D eigenvalue weighted by molar-refractivity contribution is 5.94. The van der Waals surface area contributed by atoms with Gasteiger partial charge in [0.25, 0.3) is 5.91 Å². The minimum absolute atomic E-state index is 0.0794. The molecule has 7 heteroatoms. The Hall–Kier alpha value is -1.89. The van der Waals surface area contributed by atoms with Crippen molar-refractivity contribution < 1.29 is 14.3 Å². The third-order valence-electron chi connectivity index (χ3n) is 7.19. The van der Waals surface area contributed by atoms with Crippen LogP contribution in [0.25, 0.3) is 0 Å². The molecule has 28 heavy (non-hydrogen) atoms. The smallest absolute Gasteiger partial charge is 0.272 e. The molecule has 2 aliphatic heterocycles. The quantitative estimate of drug-likeness (QED) is 0.856. The molecule has 0 unspecified atom stereocenters. The Kier molecular flexibility index (Phi) is 4.45. The third-order valence-corrected chi connectivity index (χ3v) is 7.19. The van der Waals surface area contributed by atoms with E-state index in [4.69, 9.17) is 4.74 Å². The lowest BCUT2D eigenvalue weighted by atomic mass is 9.81. The van der Waals surface area contributed by atoms with Crippen LogP contribution in [0.15, 0.2) is 0 Å². The van der Waals surface area contributed by atoms with Crippen LogP contribution in [0.5, 0.6) is 0 Å². The Bertz CT molecular complexity index is 786. The predicted molar refractivity (Wildman–Crippen MR) is 103 cm³/mol. The number of carbonyl (C=O) groups is 2. The van der Waals surface area contributed by atoms with E-state index in [9.17, 15) is 9.59 Å². The number of hydrogen-bond acceptors (Lipinski definition) is 4. The van der Waals surface area contributed by atoms with Crippen LogP contribution in [-0.4, -0.2) is 51.7 Å². The van der Waals surface area contributed by atoms with Gasteiger partial charge in [0.1, 0.15) is 0 Å². The molecule has 1 aromatic heterocycles. The number of nitrogens with one attached hydrogen (secondary N) is 1. The molecule has 152 valence electrons. The van der Waals surface area contributed by atoms with Crippen molar-refractivity contribution in [3.05, 3.63) is 17.0 Å². The normalized spacial score (nSPS) is 24.0. The van der Waals surface area contributed by atoms with E-state index in [1.165, 1.54) is 19.3 Å². The standard InChI is InChI=1S/C21H30N4O3/c1-24-17-11-21(7-9-25(10-8-21)20(27)15-3-2-4-15)28-13-16(17)18(23-24)19(26)22-12-14-5-6-14/h14-15H,2-13H2,1H3,(H,22,26). The Labute approximate surface area is 165 Å². The molecule has 3 fully saturated rings. The zero-order chi connectivity index (χ0) is 19.3. The summed E-state index contributed by atoms with van der Waals surface area (Å²) in [6.07, 6.45) is 8.23. The largest absolute Gasteiger partial charge is 0.370 e. The molecule has 2 amide bonds. The van der Waals surface area contributed by atoms with E-state index in [1.807, 2.05) is 16.6 Å². The maximum Gasteiger partial charge on any atom is 0.272 e. The van der Waals surface area contributed by atoms with Crippen molar-refractivity contribution in [2.45, 2.75) is 63.6 Å². The topological polar surface area (TPSA) is 76.5 Å². The summed E-state index contributed by atoms with van der Waals surface area (Å²) < 4.78 is 8.19. The molecule has 7 nitrogen and oxygen atoms in total. The summed E-state index contributed by atoms with van der Waals surface area (Å²) in [5, 5.41) is 7.53. The van der Waals surface area contributed by atoms with Crippen molar-refractivity contribution in [2.75, 3.05) is 19.6 Å². The summed E-state index contributed by atoms with van der Waals surface area (Å²) >= 11 is 0. The molecule has 0 radical (unpaired) electrons. The molecule has 3 heterocycles. The molecule has 0 aromatic carbocycles. The fourth-order valence-corrected chi connectivity index (χ4v) is 4.75. The second-order valence-electron chi connectivity index (χ2n) is 9.15. The number of rotatable bonds is 4. The SMILES string of the molecule is Cn1nc(C(=O)NCC2CC2)c2c1CC1(CCN(C(=O)C3CCC3)CC1)OC2.